The number of nitrogens with zero attached hydrogens (tertiary/aromatic N) is 3. The van der Waals surface area contributed by atoms with Gasteiger partial charge in [0.05, 0.1) is 13.7 Å². The average Bonchev–Trinajstić information content (AvgIpc) is 2.73. The van der Waals surface area contributed by atoms with Gasteiger partial charge in [-0.25, -0.2) is 4.98 Å². The highest BCUT2D eigenvalue weighted by Gasteiger charge is 2.23. The molecule has 9 heteroatoms. The molecule has 0 unspecified atom stereocenters. The maximum atomic E-state index is 12.1. The highest BCUT2D eigenvalue weighted by atomic mass is 16.5. The van der Waals surface area contributed by atoms with E-state index in [9.17, 15) is 4.79 Å². The minimum absolute atomic E-state index is 0.0319. The molecule has 28 heavy (non-hydrogen) atoms. The van der Waals surface area contributed by atoms with Crippen molar-refractivity contribution in [2.75, 3.05) is 20.3 Å². The Morgan fingerprint density at radius 2 is 1.82 bits per heavy atom. The second kappa shape index (κ2) is 8.78. The maximum Gasteiger partial charge on any atom is 0.271 e. The molecule has 3 rings (SSSR count). The van der Waals surface area contributed by atoms with Gasteiger partial charge in [0.25, 0.3) is 11.8 Å². The van der Waals surface area contributed by atoms with E-state index in [-0.39, 0.29) is 36.4 Å². The largest absolute Gasteiger partial charge is 0.493 e. The molecule has 1 aromatic carbocycles. The molecule has 0 radical (unpaired) electrons. The number of carbonyl (C=O) groups is 1. The number of nitrogens with two attached hydrogens (primary N) is 1. The number of ether oxygens (including phenoxy) is 3. The third-order valence-corrected chi connectivity index (χ3v) is 3.62. The zero-order chi connectivity index (χ0) is 19.9. The Bertz CT molecular complexity index is 966. The average molecular weight is 382 g/mol. The standard InChI is InChI=1S/C19H18N4O5/c1-26-13-4-2-3-5-14(13)28-16-15(17(20)25)22-18(12-6-8-21-9-7-12)23-19(16)27-11-10-24/h2-9,24H,10-11H2,1H3,(H2,20,25). The van der Waals surface area contributed by atoms with Gasteiger partial charge in [0.1, 0.15) is 6.61 Å². The van der Waals surface area contributed by atoms with Crippen LogP contribution in [-0.2, 0) is 0 Å². The van der Waals surface area contributed by atoms with Gasteiger partial charge in [0.2, 0.25) is 5.75 Å². The number of hydrogen-bond acceptors (Lipinski definition) is 8. The van der Waals surface area contributed by atoms with E-state index < -0.39 is 5.91 Å². The number of aliphatic hydroxyl groups excluding tert-OH is 1. The Morgan fingerprint density at radius 1 is 1.11 bits per heavy atom. The molecule has 0 aliphatic heterocycles. The molecule has 0 saturated heterocycles. The van der Waals surface area contributed by atoms with Crippen LogP contribution in [0.5, 0.6) is 23.1 Å². The van der Waals surface area contributed by atoms with E-state index in [1.807, 2.05) is 0 Å². The number of para-hydroxylation sites is 2. The SMILES string of the molecule is COc1ccccc1Oc1c(OCCO)nc(-c2ccncc2)nc1C(N)=O. The molecule has 2 aromatic heterocycles. The molecule has 0 atom stereocenters. The fraction of sp³-hybridized carbons (Fsp3) is 0.158. The lowest BCUT2D eigenvalue weighted by Crippen LogP contribution is -2.17. The van der Waals surface area contributed by atoms with Crippen molar-refractivity contribution in [3.63, 3.8) is 0 Å². The number of amides is 1. The number of benzene rings is 1. The summed E-state index contributed by atoms with van der Waals surface area (Å²) in [4.78, 5) is 24.6. The van der Waals surface area contributed by atoms with Gasteiger partial charge >= 0.3 is 0 Å². The monoisotopic (exact) mass is 382 g/mol. The van der Waals surface area contributed by atoms with E-state index in [1.165, 1.54) is 7.11 Å². The van der Waals surface area contributed by atoms with Gasteiger partial charge in [0.15, 0.2) is 23.0 Å². The molecule has 0 saturated carbocycles. The van der Waals surface area contributed by atoms with Crippen LogP contribution >= 0.6 is 0 Å². The van der Waals surface area contributed by atoms with Gasteiger partial charge in [-0.2, -0.15) is 4.98 Å². The number of primary amides is 1. The van der Waals surface area contributed by atoms with Crippen molar-refractivity contribution in [2.45, 2.75) is 0 Å². The first-order valence-corrected chi connectivity index (χ1v) is 8.30. The summed E-state index contributed by atoms with van der Waals surface area (Å²) in [5, 5.41) is 9.13. The summed E-state index contributed by atoms with van der Waals surface area (Å²) in [5.41, 5.74) is 5.97. The quantitative estimate of drug-likeness (QED) is 0.603. The van der Waals surface area contributed by atoms with Gasteiger partial charge in [-0.1, -0.05) is 12.1 Å². The molecule has 1 amide bonds. The number of rotatable bonds is 8. The van der Waals surface area contributed by atoms with Crippen LogP contribution in [0.3, 0.4) is 0 Å². The first-order chi connectivity index (χ1) is 13.6. The van der Waals surface area contributed by atoms with Crippen LogP contribution in [0.25, 0.3) is 11.4 Å². The highest BCUT2D eigenvalue weighted by molar-refractivity contribution is 5.95. The summed E-state index contributed by atoms with van der Waals surface area (Å²) in [5.74, 6) is 0.0395. The Labute approximate surface area is 160 Å². The minimum atomic E-state index is -0.823. The molecule has 0 aliphatic rings. The van der Waals surface area contributed by atoms with Gasteiger partial charge < -0.3 is 25.1 Å². The molecule has 144 valence electrons. The minimum Gasteiger partial charge on any atom is -0.493 e. The molecule has 2 heterocycles. The number of aromatic nitrogens is 3. The van der Waals surface area contributed by atoms with Crippen LogP contribution in [0.15, 0.2) is 48.8 Å². The second-order valence-electron chi connectivity index (χ2n) is 5.46. The van der Waals surface area contributed by atoms with E-state index >= 15 is 0 Å². The Kier molecular flexibility index (Phi) is 5.97. The van der Waals surface area contributed by atoms with E-state index in [2.05, 4.69) is 15.0 Å². The van der Waals surface area contributed by atoms with Crippen molar-refractivity contribution in [1.82, 2.24) is 15.0 Å². The van der Waals surface area contributed by atoms with E-state index in [0.717, 1.165) is 0 Å². The predicted molar refractivity (Wildman–Crippen MR) is 99.4 cm³/mol. The van der Waals surface area contributed by atoms with Crippen molar-refractivity contribution >= 4 is 5.91 Å². The van der Waals surface area contributed by atoms with E-state index in [0.29, 0.717) is 17.1 Å². The second-order valence-corrected chi connectivity index (χ2v) is 5.46. The molecule has 0 fully saturated rings. The third-order valence-electron chi connectivity index (χ3n) is 3.62. The van der Waals surface area contributed by atoms with Crippen molar-refractivity contribution in [3.05, 3.63) is 54.5 Å². The van der Waals surface area contributed by atoms with Crippen LogP contribution in [0, 0.1) is 0 Å². The number of carbonyl (C=O) groups excluding carboxylic acids is 1. The summed E-state index contributed by atoms with van der Waals surface area (Å²) < 4.78 is 16.6. The Balaban J connectivity index is 2.14. The van der Waals surface area contributed by atoms with Gasteiger partial charge in [0, 0.05) is 18.0 Å². The topological polar surface area (TPSA) is 130 Å². The van der Waals surface area contributed by atoms with Crippen molar-refractivity contribution in [3.8, 4) is 34.5 Å². The molecule has 9 nitrogen and oxygen atoms in total. The van der Waals surface area contributed by atoms with E-state index in [4.69, 9.17) is 25.1 Å². The van der Waals surface area contributed by atoms with Crippen LogP contribution in [0.4, 0.5) is 0 Å². The van der Waals surface area contributed by atoms with Crippen LogP contribution in [0.2, 0.25) is 0 Å². The smallest absolute Gasteiger partial charge is 0.271 e. The summed E-state index contributed by atoms with van der Waals surface area (Å²) in [7, 11) is 1.49. The van der Waals surface area contributed by atoms with Gasteiger partial charge in [-0.15, -0.1) is 0 Å². The molecular formula is C19H18N4O5. The fourth-order valence-electron chi connectivity index (χ4n) is 2.37. The summed E-state index contributed by atoms with van der Waals surface area (Å²) in [6.45, 7) is -0.318. The number of pyridine rings is 1. The van der Waals surface area contributed by atoms with Crippen LogP contribution < -0.4 is 19.9 Å². The molecule has 0 spiro atoms. The van der Waals surface area contributed by atoms with Gasteiger partial charge in [-0.05, 0) is 24.3 Å². The molecule has 3 N–H and O–H groups in total. The number of methoxy groups -OCH3 is 1. The molecular weight excluding hydrogens is 364 g/mol. The highest BCUT2D eigenvalue weighted by Crippen LogP contribution is 2.38. The van der Waals surface area contributed by atoms with Crippen LogP contribution in [0.1, 0.15) is 10.5 Å². The first kappa shape index (κ1) is 19.1. The molecule has 3 aromatic rings. The van der Waals surface area contributed by atoms with Crippen molar-refractivity contribution in [1.29, 1.82) is 0 Å². The van der Waals surface area contributed by atoms with E-state index in [1.54, 1.807) is 48.8 Å². The lowest BCUT2D eigenvalue weighted by molar-refractivity contribution is 0.0991. The Hall–Kier alpha value is -3.72. The summed E-state index contributed by atoms with van der Waals surface area (Å²) in [6, 6.07) is 10.2. The lowest BCUT2D eigenvalue weighted by atomic mass is 10.2. The van der Waals surface area contributed by atoms with Crippen molar-refractivity contribution < 1.29 is 24.1 Å². The normalized spacial score (nSPS) is 10.4. The summed E-state index contributed by atoms with van der Waals surface area (Å²) in [6.07, 6.45) is 3.13. The molecule has 0 bridgehead atoms. The van der Waals surface area contributed by atoms with Crippen molar-refractivity contribution in [2.24, 2.45) is 5.73 Å². The third kappa shape index (κ3) is 4.15. The summed E-state index contributed by atoms with van der Waals surface area (Å²) >= 11 is 0. The number of hydrogen-bond donors (Lipinski definition) is 2. The zero-order valence-electron chi connectivity index (χ0n) is 15.0. The Morgan fingerprint density at radius 3 is 2.46 bits per heavy atom. The van der Waals surface area contributed by atoms with Gasteiger partial charge in [-0.3, -0.25) is 9.78 Å². The molecule has 0 aliphatic carbocycles. The first-order valence-electron chi connectivity index (χ1n) is 8.30. The maximum absolute atomic E-state index is 12.1. The fourth-order valence-corrected chi connectivity index (χ4v) is 2.37. The lowest BCUT2D eigenvalue weighted by Gasteiger charge is -2.16. The zero-order valence-corrected chi connectivity index (χ0v) is 15.0. The predicted octanol–water partition coefficient (Wildman–Crippen LogP) is 1.81. The number of aliphatic hydroxyl groups is 1. The van der Waals surface area contributed by atoms with Crippen LogP contribution in [-0.4, -0.2) is 46.3 Å².